The van der Waals surface area contributed by atoms with E-state index in [1.165, 1.54) is 28.6 Å². The van der Waals surface area contributed by atoms with E-state index in [4.69, 9.17) is 13.9 Å². The third-order valence-electron chi connectivity index (χ3n) is 6.53. The molecule has 1 amide bonds. The van der Waals surface area contributed by atoms with Crippen LogP contribution in [0.2, 0.25) is 0 Å². The van der Waals surface area contributed by atoms with Crippen molar-refractivity contribution in [1.82, 2.24) is 14.5 Å². The summed E-state index contributed by atoms with van der Waals surface area (Å²) < 4.78 is 44.2. The summed E-state index contributed by atoms with van der Waals surface area (Å²) in [5.41, 5.74) is 1.18. The molecule has 1 saturated carbocycles. The number of carbonyl (C=O) groups is 1. The number of fused-ring (bicyclic) bond motifs is 1. The van der Waals surface area contributed by atoms with Gasteiger partial charge in [-0.2, -0.15) is 4.31 Å². The predicted octanol–water partition coefficient (Wildman–Crippen LogP) is 3.64. The van der Waals surface area contributed by atoms with Crippen LogP contribution in [0.4, 0.5) is 6.01 Å². The number of rotatable bonds is 7. The molecule has 2 aromatic carbocycles. The highest BCUT2D eigenvalue weighted by molar-refractivity contribution is 7.89. The Morgan fingerprint density at radius 2 is 1.72 bits per heavy atom. The van der Waals surface area contributed by atoms with Gasteiger partial charge in [0.05, 0.1) is 11.3 Å². The fourth-order valence-electron chi connectivity index (χ4n) is 4.50. The van der Waals surface area contributed by atoms with E-state index < -0.39 is 15.9 Å². The molecule has 1 aliphatic heterocycles. The summed E-state index contributed by atoms with van der Waals surface area (Å²) in [4.78, 5) is 12.8. The summed E-state index contributed by atoms with van der Waals surface area (Å²) in [6, 6.07) is 11.4. The number of nitrogens with zero attached hydrogens (tertiary/aromatic N) is 3. The van der Waals surface area contributed by atoms with Crippen molar-refractivity contribution < 1.29 is 27.1 Å². The van der Waals surface area contributed by atoms with E-state index >= 15 is 0 Å². The molecule has 10 nitrogen and oxygen atoms in total. The lowest BCUT2D eigenvalue weighted by atomic mass is 9.96. The van der Waals surface area contributed by atoms with Crippen molar-refractivity contribution in [3.63, 3.8) is 0 Å². The number of aromatic nitrogens is 2. The zero-order chi connectivity index (χ0) is 25.1. The minimum atomic E-state index is -3.63. The van der Waals surface area contributed by atoms with Crippen LogP contribution in [0, 0.1) is 0 Å². The van der Waals surface area contributed by atoms with Crippen LogP contribution in [0.3, 0.4) is 0 Å². The summed E-state index contributed by atoms with van der Waals surface area (Å²) in [5.74, 6) is 1.22. The zero-order valence-corrected chi connectivity index (χ0v) is 20.8. The van der Waals surface area contributed by atoms with Gasteiger partial charge in [0.2, 0.25) is 15.9 Å². The van der Waals surface area contributed by atoms with Crippen LogP contribution in [0.25, 0.3) is 0 Å². The van der Waals surface area contributed by atoms with Gasteiger partial charge in [-0.3, -0.25) is 10.1 Å². The van der Waals surface area contributed by atoms with Gasteiger partial charge in [0.25, 0.3) is 5.91 Å². The van der Waals surface area contributed by atoms with Crippen LogP contribution in [0.5, 0.6) is 11.5 Å². The van der Waals surface area contributed by atoms with Crippen molar-refractivity contribution in [2.24, 2.45) is 0 Å². The fourth-order valence-corrected chi connectivity index (χ4v) is 5.92. The zero-order valence-electron chi connectivity index (χ0n) is 20.0. The second kappa shape index (κ2) is 10.3. The minimum absolute atomic E-state index is 0.0145. The van der Waals surface area contributed by atoms with Gasteiger partial charge in [0.15, 0.2) is 11.5 Å². The second-order valence-electron chi connectivity index (χ2n) is 8.95. The number of amides is 1. The Morgan fingerprint density at radius 3 is 2.47 bits per heavy atom. The molecule has 2 heterocycles. The monoisotopic (exact) mass is 512 g/mol. The van der Waals surface area contributed by atoms with Crippen LogP contribution in [-0.2, 0) is 16.4 Å². The summed E-state index contributed by atoms with van der Waals surface area (Å²) >= 11 is 0. The summed E-state index contributed by atoms with van der Waals surface area (Å²) in [7, 11) is -2.00. The lowest BCUT2D eigenvalue weighted by molar-refractivity contribution is 0.102. The van der Waals surface area contributed by atoms with Crippen molar-refractivity contribution in [3.05, 3.63) is 59.5 Å². The molecule has 1 N–H and O–H groups in total. The summed E-state index contributed by atoms with van der Waals surface area (Å²) in [6.07, 6.45) is 5.33. The largest absolute Gasteiger partial charge is 0.486 e. The molecule has 2 aliphatic rings. The van der Waals surface area contributed by atoms with Crippen LogP contribution >= 0.6 is 0 Å². The van der Waals surface area contributed by atoms with Crippen LogP contribution < -0.4 is 14.8 Å². The molecule has 36 heavy (non-hydrogen) atoms. The third-order valence-corrected chi connectivity index (χ3v) is 8.46. The van der Waals surface area contributed by atoms with Crippen LogP contribution in [0.1, 0.15) is 53.9 Å². The molecule has 3 aromatic rings. The number of sulfonamides is 1. The first-order valence-electron chi connectivity index (χ1n) is 12.0. The maximum absolute atomic E-state index is 13.0. The van der Waals surface area contributed by atoms with E-state index in [1.807, 2.05) is 18.2 Å². The van der Waals surface area contributed by atoms with E-state index in [0.29, 0.717) is 37.0 Å². The molecule has 5 rings (SSSR count). The molecule has 0 spiro atoms. The third kappa shape index (κ3) is 5.21. The van der Waals surface area contributed by atoms with Crippen LogP contribution in [0.15, 0.2) is 51.8 Å². The SMILES string of the molecule is CN(C1CCCCC1)S(=O)(=O)c1ccc(C(=O)Nc2nnc(Cc3ccc4c(c3)OCCO4)o2)cc1. The number of carbonyl (C=O) groups excluding carboxylic acids is 1. The van der Waals surface area contributed by atoms with E-state index in [2.05, 4.69) is 15.5 Å². The van der Waals surface area contributed by atoms with Gasteiger partial charge in [-0.25, -0.2) is 8.42 Å². The second-order valence-corrected chi connectivity index (χ2v) is 10.9. The molecule has 1 aliphatic carbocycles. The first-order valence-corrected chi connectivity index (χ1v) is 13.4. The van der Waals surface area contributed by atoms with Crippen molar-refractivity contribution in [1.29, 1.82) is 0 Å². The van der Waals surface area contributed by atoms with Crippen molar-refractivity contribution in [2.45, 2.75) is 49.5 Å². The molecule has 1 fully saturated rings. The number of ether oxygens (including phenoxy) is 2. The summed E-state index contributed by atoms with van der Waals surface area (Å²) in [6.45, 7) is 1.02. The van der Waals surface area contributed by atoms with E-state index in [-0.39, 0.29) is 22.5 Å². The van der Waals surface area contributed by atoms with Crippen molar-refractivity contribution >= 4 is 21.9 Å². The number of anilines is 1. The lowest BCUT2D eigenvalue weighted by Gasteiger charge is -2.30. The molecule has 0 bridgehead atoms. The number of nitrogens with one attached hydrogen (secondary N) is 1. The highest BCUT2D eigenvalue weighted by Gasteiger charge is 2.29. The average Bonchev–Trinajstić information content (AvgIpc) is 3.35. The predicted molar refractivity (Wildman–Crippen MR) is 131 cm³/mol. The normalized spacial score (nSPS) is 16.2. The lowest BCUT2D eigenvalue weighted by Crippen LogP contribution is -2.38. The Balaban J connectivity index is 1.21. The Hall–Kier alpha value is -3.44. The number of hydrogen-bond acceptors (Lipinski definition) is 8. The molecule has 1 aromatic heterocycles. The molecule has 0 radical (unpaired) electrons. The smallest absolute Gasteiger partial charge is 0.322 e. The maximum Gasteiger partial charge on any atom is 0.322 e. The standard InChI is InChI=1S/C25H28N4O6S/c1-29(19-5-3-2-4-6-19)36(31,32)20-10-8-18(9-11-20)24(30)26-25-28-27-23(35-25)16-17-7-12-21-22(15-17)34-14-13-33-21/h7-12,15,19H,2-6,13-14,16H2,1H3,(H,26,28,30). The Bertz CT molecular complexity index is 1330. The fraction of sp³-hybridized carbons (Fsp3) is 0.400. The molecular weight excluding hydrogens is 484 g/mol. The highest BCUT2D eigenvalue weighted by Crippen LogP contribution is 2.31. The van der Waals surface area contributed by atoms with Crippen molar-refractivity contribution in [2.75, 3.05) is 25.6 Å². The molecule has 0 unspecified atom stereocenters. The maximum atomic E-state index is 13.0. The van der Waals surface area contributed by atoms with Gasteiger partial charge in [-0.1, -0.05) is 30.4 Å². The van der Waals surface area contributed by atoms with Crippen molar-refractivity contribution in [3.8, 4) is 11.5 Å². The van der Waals surface area contributed by atoms with E-state index in [9.17, 15) is 13.2 Å². The Morgan fingerprint density at radius 1 is 1.00 bits per heavy atom. The van der Waals surface area contributed by atoms with Gasteiger partial charge in [-0.05, 0) is 54.8 Å². The first-order chi connectivity index (χ1) is 17.4. The topological polar surface area (TPSA) is 124 Å². The summed E-state index contributed by atoms with van der Waals surface area (Å²) in [5, 5.41) is 10.4. The molecular formula is C25H28N4O6S. The minimum Gasteiger partial charge on any atom is -0.486 e. The Labute approximate surface area is 209 Å². The average molecular weight is 513 g/mol. The first kappa shape index (κ1) is 24.3. The number of hydrogen-bond donors (Lipinski definition) is 1. The molecule has 0 atom stereocenters. The van der Waals surface area contributed by atoms with E-state index in [0.717, 1.165) is 37.7 Å². The van der Waals surface area contributed by atoms with Crippen LogP contribution in [-0.4, -0.2) is 55.1 Å². The molecule has 0 saturated heterocycles. The molecule has 190 valence electrons. The molecule has 11 heteroatoms. The number of benzene rings is 2. The van der Waals surface area contributed by atoms with Gasteiger partial charge in [0, 0.05) is 18.7 Å². The van der Waals surface area contributed by atoms with Gasteiger partial charge < -0.3 is 13.9 Å². The van der Waals surface area contributed by atoms with Gasteiger partial charge in [-0.15, -0.1) is 5.10 Å². The quantitative estimate of drug-likeness (QED) is 0.509. The van der Waals surface area contributed by atoms with E-state index in [1.54, 1.807) is 7.05 Å². The van der Waals surface area contributed by atoms with Gasteiger partial charge in [0.1, 0.15) is 13.2 Å². The Kier molecular flexibility index (Phi) is 6.92. The van der Waals surface area contributed by atoms with Gasteiger partial charge >= 0.3 is 6.01 Å². The highest BCUT2D eigenvalue weighted by atomic mass is 32.2.